The number of esters is 1. The highest BCUT2D eigenvalue weighted by atomic mass is 32.1. The topological polar surface area (TPSA) is 92.7 Å². The summed E-state index contributed by atoms with van der Waals surface area (Å²) in [6.45, 7) is 3.86. The van der Waals surface area contributed by atoms with Crippen LogP contribution in [0.4, 0.5) is 0 Å². The number of nitrogens with one attached hydrogen (secondary N) is 1. The highest BCUT2D eigenvalue weighted by Gasteiger charge is 2.23. The fourth-order valence-corrected chi connectivity index (χ4v) is 4.53. The van der Waals surface area contributed by atoms with Gasteiger partial charge in [-0.15, -0.1) is 11.3 Å². The van der Waals surface area contributed by atoms with E-state index in [2.05, 4.69) is 35.7 Å². The van der Waals surface area contributed by atoms with E-state index in [-0.39, 0.29) is 28.7 Å². The lowest BCUT2D eigenvalue weighted by Gasteiger charge is -2.22. The highest BCUT2D eigenvalue weighted by molar-refractivity contribution is 7.15. The van der Waals surface area contributed by atoms with Gasteiger partial charge in [0.05, 0.1) is 17.4 Å². The van der Waals surface area contributed by atoms with Gasteiger partial charge < -0.3 is 15.2 Å². The van der Waals surface area contributed by atoms with Crippen LogP contribution in [0.15, 0.2) is 54.6 Å². The quantitative estimate of drug-likeness (QED) is 0.474. The number of benzene rings is 1. The van der Waals surface area contributed by atoms with Crippen molar-refractivity contribution in [1.82, 2.24) is 5.32 Å². The molecule has 33 heavy (non-hydrogen) atoms. The van der Waals surface area contributed by atoms with Crippen molar-refractivity contribution in [2.45, 2.75) is 45.6 Å². The Morgan fingerprint density at radius 3 is 2.42 bits per heavy atom. The average Bonchev–Trinajstić information content (AvgIpc) is 3.31. The number of carbonyl (C=O) groups is 3. The number of allylic oxidation sites excluding steroid dienone is 4. The van der Waals surface area contributed by atoms with Crippen LogP contribution in [0.2, 0.25) is 0 Å². The Morgan fingerprint density at radius 2 is 1.82 bits per heavy atom. The van der Waals surface area contributed by atoms with Gasteiger partial charge in [-0.25, -0.2) is 4.79 Å². The summed E-state index contributed by atoms with van der Waals surface area (Å²) in [5.74, 6) is -2.09. The lowest BCUT2D eigenvalue weighted by atomic mass is 9.94. The number of aromatic carboxylic acids is 1. The van der Waals surface area contributed by atoms with Crippen molar-refractivity contribution >= 4 is 34.8 Å². The first-order valence-electron chi connectivity index (χ1n) is 11.1. The molecule has 0 fully saturated rings. The van der Waals surface area contributed by atoms with Gasteiger partial charge in [0, 0.05) is 6.04 Å². The number of hydrogen-bond donors (Lipinski definition) is 2. The molecule has 1 aromatic heterocycles. The van der Waals surface area contributed by atoms with Crippen LogP contribution in [0.3, 0.4) is 0 Å². The molecule has 2 unspecified atom stereocenters. The van der Waals surface area contributed by atoms with E-state index in [1.165, 1.54) is 17.7 Å². The number of thiophene rings is 1. The van der Waals surface area contributed by atoms with Crippen LogP contribution in [0.1, 0.15) is 63.6 Å². The van der Waals surface area contributed by atoms with E-state index in [1.54, 1.807) is 13.8 Å². The van der Waals surface area contributed by atoms with Crippen LogP contribution >= 0.6 is 11.3 Å². The molecule has 1 aliphatic carbocycles. The molecule has 2 N–H and O–H groups in total. The number of carboxylic acids is 1. The first kappa shape index (κ1) is 24.5. The van der Waals surface area contributed by atoms with Crippen molar-refractivity contribution in [3.05, 3.63) is 75.5 Å². The Bertz CT molecular complexity index is 1050. The number of rotatable bonds is 10. The molecule has 0 bridgehead atoms. The van der Waals surface area contributed by atoms with Crippen molar-refractivity contribution in [3.8, 4) is 0 Å². The largest absolute Gasteiger partial charge is 0.477 e. The molecule has 0 saturated heterocycles. The lowest BCUT2D eigenvalue weighted by molar-refractivity contribution is -0.147. The molecule has 174 valence electrons. The van der Waals surface area contributed by atoms with Gasteiger partial charge in [-0.2, -0.15) is 0 Å². The lowest BCUT2D eigenvalue weighted by Crippen LogP contribution is -2.38. The molecule has 7 heteroatoms. The molecule has 0 aliphatic heterocycles. The Morgan fingerprint density at radius 1 is 1.09 bits per heavy atom. The van der Waals surface area contributed by atoms with Crippen LogP contribution in [0, 0.1) is 5.92 Å². The molecule has 2 aromatic rings. The zero-order valence-electron chi connectivity index (χ0n) is 18.9. The normalized spacial score (nSPS) is 14.8. The molecule has 0 spiro atoms. The van der Waals surface area contributed by atoms with Crippen molar-refractivity contribution in [1.29, 1.82) is 0 Å². The summed E-state index contributed by atoms with van der Waals surface area (Å²) in [7, 11) is 0. The fraction of sp³-hybridized carbons (Fsp3) is 0.346. The maximum absolute atomic E-state index is 12.8. The Kier molecular flexibility index (Phi) is 8.60. The Labute approximate surface area is 198 Å². The summed E-state index contributed by atoms with van der Waals surface area (Å²) in [6, 6.07) is 10.8. The first-order valence-corrected chi connectivity index (χ1v) is 12.0. The van der Waals surface area contributed by atoms with Crippen LogP contribution in [0.25, 0.3) is 5.57 Å². The third-order valence-electron chi connectivity index (χ3n) is 5.47. The van der Waals surface area contributed by atoms with E-state index in [0.717, 1.165) is 35.3 Å². The van der Waals surface area contributed by atoms with Gasteiger partial charge in [0.15, 0.2) is 0 Å². The van der Waals surface area contributed by atoms with Crippen molar-refractivity contribution in [2.24, 2.45) is 5.92 Å². The first-order chi connectivity index (χ1) is 15.9. The zero-order valence-corrected chi connectivity index (χ0v) is 19.7. The smallest absolute Gasteiger partial charge is 0.345 e. The second-order valence-electron chi connectivity index (χ2n) is 8.07. The molecule has 1 aromatic carbocycles. The minimum atomic E-state index is -1.06. The number of ether oxygens (including phenoxy) is 1. The van der Waals surface area contributed by atoms with Gasteiger partial charge in [0.1, 0.15) is 4.88 Å². The van der Waals surface area contributed by atoms with Gasteiger partial charge in [-0.3, -0.25) is 9.59 Å². The van der Waals surface area contributed by atoms with Gasteiger partial charge >= 0.3 is 11.9 Å². The molecule has 2 atom stereocenters. The van der Waals surface area contributed by atoms with E-state index >= 15 is 0 Å². The van der Waals surface area contributed by atoms with Gasteiger partial charge in [0.2, 0.25) is 0 Å². The molecule has 3 rings (SSSR count). The maximum atomic E-state index is 12.8. The average molecular weight is 468 g/mol. The summed E-state index contributed by atoms with van der Waals surface area (Å²) in [6.07, 6.45) is 9.60. The van der Waals surface area contributed by atoms with Crippen LogP contribution in [0.5, 0.6) is 0 Å². The molecule has 1 aliphatic rings. The third-order valence-corrected chi connectivity index (χ3v) is 6.54. The molecule has 1 heterocycles. The van der Waals surface area contributed by atoms with Gasteiger partial charge in [0.25, 0.3) is 5.91 Å². The monoisotopic (exact) mass is 467 g/mol. The van der Waals surface area contributed by atoms with Crippen molar-refractivity contribution in [2.75, 3.05) is 6.61 Å². The van der Waals surface area contributed by atoms with E-state index in [0.29, 0.717) is 24.3 Å². The summed E-state index contributed by atoms with van der Waals surface area (Å²) < 4.78 is 5.13. The summed E-state index contributed by atoms with van der Waals surface area (Å²) >= 11 is 0.933. The minimum Gasteiger partial charge on any atom is -0.477 e. The molecule has 0 radical (unpaired) electrons. The Hall–Kier alpha value is -3.19. The maximum Gasteiger partial charge on any atom is 0.345 e. The van der Waals surface area contributed by atoms with E-state index in [4.69, 9.17) is 9.84 Å². The number of hydrogen-bond acceptors (Lipinski definition) is 5. The van der Waals surface area contributed by atoms with Crippen LogP contribution < -0.4 is 5.32 Å². The van der Waals surface area contributed by atoms with Crippen molar-refractivity contribution in [3.63, 3.8) is 0 Å². The zero-order chi connectivity index (χ0) is 23.8. The van der Waals surface area contributed by atoms with Gasteiger partial charge in [-0.1, -0.05) is 49.4 Å². The Balaban J connectivity index is 1.73. The standard InChI is InChI=1S/C26H29NO5S/c1-3-32-26(31)17(2)15-21(27-24(28)22-13-14-23(33-22)25(29)30)16-18-9-11-20(12-10-18)19-7-5-4-6-8-19/h5,7-14,17,21H,3-4,6,15-16H2,1-2H3,(H,27,28)(H,29,30). The van der Waals surface area contributed by atoms with Crippen LogP contribution in [-0.2, 0) is 16.0 Å². The minimum absolute atomic E-state index is 0.109. The molecule has 1 amide bonds. The molecule has 6 nitrogen and oxygen atoms in total. The fourth-order valence-electron chi connectivity index (χ4n) is 3.78. The predicted octanol–water partition coefficient (Wildman–Crippen LogP) is 5.11. The molecular formula is C26H29NO5S. The SMILES string of the molecule is CCOC(=O)C(C)CC(Cc1ccc(C2=CCCC=C2)cc1)NC(=O)c1ccc(C(=O)O)s1. The number of carboxylic acid groups (broad SMARTS) is 1. The van der Waals surface area contributed by atoms with Gasteiger partial charge in [-0.05, 0) is 61.4 Å². The summed E-state index contributed by atoms with van der Waals surface area (Å²) in [4.78, 5) is 36.5. The summed E-state index contributed by atoms with van der Waals surface area (Å²) in [5.41, 5.74) is 3.40. The van der Waals surface area contributed by atoms with E-state index in [9.17, 15) is 14.4 Å². The summed E-state index contributed by atoms with van der Waals surface area (Å²) in [5, 5.41) is 12.1. The molecule has 0 saturated carbocycles. The van der Waals surface area contributed by atoms with Crippen molar-refractivity contribution < 1.29 is 24.2 Å². The molecular weight excluding hydrogens is 438 g/mol. The van der Waals surface area contributed by atoms with E-state index in [1.807, 2.05) is 12.1 Å². The number of amides is 1. The number of carbonyl (C=O) groups excluding carboxylic acids is 2. The highest BCUT2D eigenvalue weighted by Crippen LogP contribution is 2.23. The predicted molar refractivity (Wildman–Crippen MR) is 129 cm³/mol. The third kappa shape index (κ3) is 6.89. The van der Waals surface area contributed by atoms with Crippen LogP contribution in [-0.4, -0.2) is 35.6 Å². The second-order valence-corrected chi connectivity index (χ2v) is 9.15. The van der Waals surface area contributed by atoms with E-state index < -0.39 is 5.97 Å². The second kappa shape index (κ2) is 11.6.